The van der Waals surface area contributed by atoms with Gasteiger partial charge in [0.2, 0.25) is 5.91 Å². The molecule has 1 aliphatic carbocycles. The molecule has 43 heavy (non-hydrogen) atoms. The zero-order valence-electron chi connectivity index (χ0n) is 26.3. The van der Waals surface area contributed by atoms with E-state index in [-0.39, 0.29) is 56.0 Å². The molecule has 1 spiro atoms. The molecule has 1 aromatic rings. The van der Waals surface area contributed by atoms with Crippen molar-refractivity contribution >= 4 is 18.0 Å². The quantitative estimate of drug-likeness (QED) is 0.417. The zero-order valence-corrected chi connectivity index (χ0v) is 26.3. The second-order valence-electron chi connectivity index (χ2n) is 13.8. The Bertz CT molecular complexity index is 1160. The van der Waals surface area contributed by atoms with Crippen molar-refractivity contribution in [3.05, 3.63) is 29.6 Å². The van der Waals surface area contributed by atoms with Crippen molar-refractivity contribution in [1.82, 2.24) is 10.2 Å². The van der Waals surface area contributed by atoms with Gasteiger partial charge in [0.15, 0.2) is 0 Å². The molecule has 1 aromatic carbocycles. The van der Waals surface area contributed by atoms with E-state index in [0.717, 1.165) is 0 Å². The lowest BCUT2D eigenvalue weighted by Crippen LogP contribution is -2.65. The van der Waals surface area contributed by atoms with Gasteiger partial charge in [-0.3, -0.25) is 9.59 Å². The van der Waals surface area contributed by atoms with Gasteiger partial charge in [0, 0.05) is 12.1 Å². The Morgan fingerprint density at radius 1 is 1.07 bits per heavy atom. The second-order valence-corrected chi connectivity index (χ2v) is 13.8. The molecule has 10 nitrogen and oxygen atoms in total. The third-order valence-corrected chi connectivity index (χ3v) is 7.99. The Morgan fingerprint density at radius 2 is 1.77 bits per heavy atom. The lowest BCUT2D eigenvalue weighted by molar-refractivity contribution is -0.155. The lowest BCUT2D eigenvalue weighted by atomic mass is 9.82. The highest BCUT2D eigenvalue weighted by molar-refractivity contribution is 5.79. The third-order valence-electron chi connectivity index (χ3n) is 7.99. The van der Waals surface area contributed by atoms with E-state index in [1.165, 1.54) is 6.07 Å². The first-order valence-electron chi connectivity index (χ1n) is 15.3. The highest BCUT2D eigenvalue weighted by atomic mass is 19.1. The molecule has 2 aliphatic heterocycles. The van der Waals surface area contributed by atoms with E-state index in [4.69, 9.17) is 23.7 Å². The summed E-state index contributed by atoms with van der Waals surface area (Å²) in [6.45, 7) is 11.9. The predicted molar refractivity (Wildman–Crippen MR) is 156 cm³/mol. The van der Waals surface area contributed by atoms with Crippen LogP contribution in [0.2, 0.25) is 0 Å². The van der Waals surface area contributed by atoms with Gasteiger partial charge in [-0.25, -0.2) is 9.18 Å². The molecule has 2 atom stereocenters. The number of likely N-dealkylation sites (tertiary alicyclic amines) is 1. The van der Waals surface area contributed by atoms with E-state index < -0.39 is 28.9 Å². The molecule has 1 N–H and O–H groups in total. The van der Waals surface area contributed by atoms with Crippen molar-refractivity contribution < 1.29 is 42.5 Å². The maximum Gasteiger partial charge on any atom is 0.410 e. The Morgan fingerprint density at radius 3 is 2.42 bits per heavy atom. The number of amides is 2. The minimum absolute atomic E-state index is 0.00543. The first-order chi connectivity index (χ1) is 20.2. The van der Waals surface area contributed by atoms with Gasteiger partial charge in [0.25, 0.3) is 0 Å². The van der Waals surface area contributed by atoms with Crippen LogP contribution in [0.4, 0.5) is 9.18 Å². The van der Waals surface area contributed by atoms with E-state index in [9.17, 15) is 14.4 Å². The second kappa shape index (κ2) is 13.4. The normalized spacial score (nSPS) is 26.3. The molecule has 0 unspecified atom stereocenters. The maximum atomic E-state index is 15.1. The molecule has 2 saturated heterocycles. The third kappa shape index (κ3) is 8.81. The fourth-order valence-electron chi connectivity index (χ4n) is 6.14. The van der Waals surface area contributed by atoms with Crippen LogP contribution in [-0.4, -0.2) is 84.7 Å². The zero-order chi connectivity index (χ0) is 31.4. The number of esters is 1. The van der Waals surface area contributed by atoms with Crippen LogP contribution in [0.1, 0.15) is 91.5 Å². The van der Waals surface area contributed by atoms with E-state index in [2.05, 4.69) is 5.32 Å². The molecule has 3 fully saturated rings. The van der Waals surface area contributed by atoms with E-state index in [1.54, 1.807) is 17.0 Å². The molecule has 0 aromatic heterocycles. The van der Waals surface area contributed by atoms with Crippen LogP contribution in [0.5, 0.6) is 5.75 Å². The summed E-state index contributed by atoms with van der Waals surface area (Å²) in [5, 5.41) is 3.07. The molecular weight excluding hydrogens is 559 g/mol. The fraction of sp³-hybridized carbons (Fsp3) is 0.719. The summed E-state index contributed by atoms with van der Waals surface area (Å²) in [4.78, 5) is 39.1. The monoisotopic (exact) mass is 606 g/mol. The van der Waals surface area contributed by atoms with E-state index in [1.807, 2.05) is 41.5 Å². The molecule has 11 heteroatoms. The van der Waals surface area contributed by atoms with Crippen LogP contribution in [-0.2, 0) is 28.5 Å². The van der Waals surface area contributed by atoms with E-state index >= 15 is 4.39 Å². The smallest absolute Gasteiger partial charge is 0.410 e. The Kier molecular flexibility index (Phi) is 10.3. The van der Waals surface area contributed by atoms with E-state index in [0.29, 0.717) is 56.6 Å². The van der Waals surface area contributed by atoms with Gasteiger partial charge >= 0.3 is 12.1 Å². The Balaban J connectivity index is 1.36. The van der Waals surface area contributed by atoms with Gasteiger partial charge in [-0.05, 0) is 91.7 Å². The average Bonchev–Trinajstić information content (AvgIpc) is 3.22. The number of halogens is 1. The molecule has 2 amide bonds. The van der Waals surface area contributed by atoms with Crippen molar-refractivity contribution in [2.45, 2.75) is 115 Å². The standard InChI is InChI=1S/C32H47FN2O8/c1-30(2,3)42-27(37)14-17-40-24-9-7-8-23(33)28(24)21-10-12-22(13-11-21)41-18-25-32(20-39-19-26(36)34-32)15-16-35(25)29(38)43-31(4,5)6/h7-9,21-22,25H,10-20H2,1-6H3,(H,34,36)/t21?,22?,25-,32+/m0/s1. The summed E-state index contributed by atoms with van der Waals surface area (Å²) in [7, 11) is 0. The molecule has 3 aliphatic rings. The highest BCUT2D eigenvalue weighted by Crippen LogP contribution is 2.40. The molecular formula is C32H47FN2O8. The van der Waals surface area contributed by atoms with Gasteiger partial charge in [-0.1, -0.05) is 6.07 Å². The number of nitrogens with one attached hydrogen (secondary N) is 1. The lowest BCUT2D eigenvalue weighted by Gasteiger charge is -2.41. The van der Waals surface area contributed by atoms with Crippen LogP contribution >= 0.6 is 0 Å². The van der Waals surface area contributed by atoms with Crippen LogP contribution in [0.25, 0.3) is 0 Å². The number of benzene rings is 1. The van der Waals surface area contributed by atoms with Crippen LogP contribution in [0.3, 0.4) is 0 Å². The van der Waals surface area contributed by atoms with Crippen LogP contribution in [0, 0.1) is 5.82 Å². The topological polar surface area (TPSA) is 113 Å². The summed E-state index contributed by atoms with van der Waals surface area (Å²) < 4.78 is 43.9. The summed E-state index contributed by atoms with van der Waals surface area (Å²) >= 11 is 0. The van der Waals surface area contributed by atoms with Crippen molar-refractivity contribution in [2.75, 3.05) is 33.0 Å². The number of rotatable bonds is 8. The van der Waals surface area contributed by atoms with Gasteiger partial charge < -0.3 is 33.9 Å². The minimum atomic E-state index is -0.734. The largest absolute Gasteiger partial charge is 0.493 e. The average molecular weight is 607 g/mol. The van der Waals surface area contributed by atoms with Crippen LogP contribution < -0.4 is 10.1 Å². The van der Waals surface area contributed by atoms with Crippen molar-refractivity contribution in [1.29, 1.82) is 0 Å². The summed E-state index contributed by atoms with van der Waals surface area (Å²) in [5.41, 5.74) is -1.44. The molecule has 4 rings (SSSR count). The predicted octanol–water partition coefficient (Wildman–Crippen LogP) is 4.87. The van der Waals surface area contributed by atoms with Gasteiger partial charge in [0.1, 0.15) is 29.4 Å². The van der Waals surface area contributed by atoms with Crippen molar-refractivity contribution in [2.24, 2.45) is 0 Å². The first kappa shape index (κ1) is 33.0. The highest BCUT2D eigenvalue weighted by Gasteiger charge is 2.53. The number of hydrogen-bond donors (Lipinski definition) is 1. The van der Waals surface area contributed by atoms with Crippen molar-refractivity contribution in [3.8, 4) is 5.75 Å². The van der Waals surface area contributed by atoms with Gasteiger partial charge in [-0.2, -0.15) is 0 Å². The number of nitrogens with zero attached hydrogens (tertiary/aromatic N) is 1. The molecule has 2 heterocycles. The summed E-state index contributed by atoms with van der Waals surface area (Å²) in [6.07, 6.45) is 2.87. The van der Waals surface area contributed by atoms with Crippen molar-refractivity contribution in [3.63, 3.8) is 0 Å². The molecule has 1 saturated carbocycles. The number of morpholine rings is 1. The SMILES string of the molecule is CC(C)(C)OC(=O)CCOc1cccc(F)c1C1CCC(OC[C@@H]2N(C(=O)OC(C)(C)C)CC[C@@]23COCC(=O)N3)CC1. The number of carbonyl (C=O) groups excluding carboxylic acids is 3. The Hall–Kier alpha value is -2.92. The number of ether oxygens (including phenoxy) is 5. The molecule has 0 radical (unpaired) electrons. The van der Waals surface area contributed by atoms with Gasteiger partial charge in [0.05, 0.1) is 43.9 Å². The minimum Gasteiger partial charge on any atom is -0.493 e. The maximum absolute atomic E-state index is 15.1. The molecule has 240 valence electrons. The molecule has 0 bridgehead atoms. The number of hydrogen-bond acceptors (Lipinski definition) is 8. The number of carbonyl (C=O) groups is 3. The van der Waals surface area contributed by atoms with Gasteiger partial charge in [-0.15, -0.1) is 0 Å². The first-order valence-corrected chi connectivity index (χ1v) is 15.3. The van der Waals surface area contributed by atoms with Crippen LogP contribution in [0.15, 0.2) is 18.2 Å². The summed E-state index contributed by atoms with van der Waals surface area (Å²) in [6, 6.07) is 4.34. The Labute approximate surface area is 253 Å². The summed E-state index contributed by atoms with van der Waals surface area (Å²) in [5.74, 6) is -0.511. The fourth-order valence-corrected chi connectivity index (χ4v) is 6.14.